The molecular weight excluding hydrogens is 256 g/mol. The van der Waals surface area contributed by atoms with E-state index in [9.17, 15) is 0 Å². The second kappa shape index (κ2) is 7.76. The van der Waals surface area contributed by atoms with Crippen molar-refractivity contribution in [2.24, 2.45) is 0 Å². The van der Waals surface area contributed by atoms with Gasteiger partial charge < -0.3 is 5.32 Å². The summed E-state index contributed by atoms with van der Waals surface area (Å²) >= 11 is 5.89. The summed E-state index contributed by atoms with van der Waals surface area (Å²) in [5.41, 5.74) is 1.16. The third-order valence-electron chi connectivity index (χ3n) is 4.04. The lowest BCUT2D eigenvalue weighted by atomic mass is 10.1. The van der Waals surface area contributed by atoms with Crippen LogP contribution in [0.2, 0.25) is 5.02 Å². The molecule has 2 rings (SSSR count). The van der Waals surface area contributed by atoms with Crippen molar-refractivity contribution in [2.75, 3.05) is 25.0 Å². The summed E-state index contributed by atoms with van der Waals surface area (Å²) in [5, 5.41) is 4.28. The molecule has 1 aromatic rings. The number of hydrogen-bond acceptors (Lipinski definition) is 2. The van der Waals surface area contributed by atoms with Crippen molar-refractivity contribution in [3.05, 3.63) is 29.3 Å². The van der Waals surface area contributed by atoms with Crippen LogP contribution in [0.15, 0.2) is 24.3 Å². The zero-order chi connectivity index (χ0) is 13.5. The van der Waals surface area contributed by atoms with Crippen LogP contribution in [0.4, 0.5) is 5.69 Å². The normalized spacial score (nSPS) is 21.1. The number of nitrogens with one attached hydrogen (secondary N) is 1. The highest BCUT2D eigenvalue weighted by Crippen LogP contribution is 2.19. The van der Waals surface area contributed by atoms with Gasteiger partial charge in [0.05, 0.1) is 0 Å². The summed E-state index contributed by atoms with van der Waals surface area (Å²) in [6, 6.07) is 8.74. The molecule has 0 radical (unpaired) electrons. The molecule has 2 nitrogen and oxygen atoms in total. The first-order valence-corrected chi connectivity index (χ1v) is 7.91. The Morgan fingerprint density at radius 1 is 1.21 bits per heavy atom. The highest BCUT2D eigenvalue weighted by atomic mass is 35.5. The fourth-order valence-corrected chi connectivity index (χ4v) is 3.03. The second-order valence-corrected chi connectivity index (χ2v) is 5.82. The van der Waals surface area contributed by atoms with E-state index in [1.165, 1.54) is 38.6 Å². The summed E-state index contributed by atoms with van der Waals surface area (Å²) in [5.74, 6) is 0. The van der Waals surface area contributed by atoms with E-state index in [1.54, 1.807) is 0 Å². The van der Waals surface area contributed by atoms with E-state index in [-0.39, 0.29) is 0 Å². The highest BCUT2D eigenvalue weighted by Gasteiger charge is 2.18. The van der Waals surface area contributed by atoms with Gasteiger partial charge >= 0.3 is 0 Å². The van der Waals surface area contributed by atoms with Crippen molar-refractivity contribution >= 4 is 17.3 Å². The van der Waals surface area contributed by atoms with Gasteiger partial charge in [-0.2, -0.15) is 0 Å². The van der Waals surface area contributed by atoms with Crippen LogP contribution >= 0.6 is 11.6 Å². The Bertz CT molecular complexity index is 364. The Morgan fingerprint density at radius 2 is 2.00 bits per heavy atom. The lowest BCUT2D eigenvalue weighted by Crippen LogP contribution is -2.37. The maximum Gasteiger partial charge on any atom is 0.0407 e. The van der Waals surface area contributed by atoms with E-state index in [4.69, 9.17) is 11.6 Å². The molecule has 1 unspecified atom stereocenters. The SMILES string of the molecule is CCC1CCCCCN1CCNc1ccc(Cl)cc1. The van der Waals surface area contributed by atoms with Crippen LogP contribution in [-0.2, 0) is 0 Å². The third kappa shape index (κ3) is 4.70. The Kier molecular flexibility index (Phi) is 5.99. The van der Waals surface area contributed by atoms with Gasteiger partial charge in [-0.15, -0.1) is 0 Å². The third-order valence-corrected chi connectivity index (χ3v) is 4.29. The topological polar surface area (TPSA) is 15.3 Å². The summed E-state index contributed by atoms with van der Waals surface area (Å²) in [7, 11) is 0. The molecule has 1 fully saturated rings. The van der Waals surface area contributed by atoms with Gasteiger partial charge in [-0.1, -0.05) is 31.4 Å². The standard InChI is InChI=1S/C16H25ClN2/c1-2-16-6-4-3-5-12-19(16)13-11-18-15-9-7-14(17)8-10-15/h7-10,16,18H,2-6,11-13H2,1H3. The fraction of sp³-hybridized carbons (Fsp3) is 0.625. The number of halogens is 1. The van der Waals surface area contributed by atoms with E-state index >= 15 is 0 Å². The molecule has 3 heteroatoms. The second-order valence-electron chi connectivity index (χ2n) is 5.38. The first kappa shape index (κ1) is 14.7. The molecule has 0 aromatic heterocycles. The molecule has 1 heterocycles. The van der Waals surface area contributed by atoms with Crippen molar-refractivity contribution in [3.63, 3.8) is 0 Å². The molecule has 106 valence electrons. The predicted octanol–water partition coefficient (Wildman–Crippen LogP) is 4.41. The van der Waals surface area contributed by atoms with E-state index in [0.717, 1.165) is 29.8 Å². The molecule has 1 saturated heterocycles. The van der Waals surface area contributed by atoms with Gasteiger partial charge in [0.15, 0.2) is 0 Å². The number of rotatable bonds is 5. The minimum atomic E-state index is 0.787. The molecule has 1 aliphatic heterocycles. The van der Waals surface area contributed by atoms with Gasteiger partial charge in [0.2, 0.25) is 0 Å². The van der Waals surface area contributed by atoms with Crippen molar-refractivity contribution in [2.45, 2.75) is 45.1 Å². The summed E-state index contributed by atoms with van der Waals surface area (Å²) < 4.78 is 0. The van der Waals surface area contributed by atoms with Gasteiger partial charge in [-0.05, 0) is 50.1 Å². The van der Waals surface area contributed by atoms with Gasteiger partial charge in [0, 0.05) is 29.8 Å². The quantitative estimate of drug-likeness (QED) is 0.860. The Morgan fingerprint density at radius 3 is 2.74 bits per heavy atom. The van der Waals surface area contributed by atoms with Crippen molar-refractivity contribution in [1.29, 1.82) is 0 Å². The molecule has 0 aliphatic carbocycles. The molecule has 1 N–H and O–H groups in total. The van der Waals surface area contributed by atoms with Gasteiger partial charge in [0.25, 0.3) is 0 Å². The Labute approximate surface area is 122 Å². The maximum atomic E-state index is 5.89. The van der Waals surface area contributed by atoms with Gasteiger partial charge in [-0.25, -0.2) is 0 Å². The number of likely N-dealkylation sites (tertiary alicyclic amines) is 1. The molecular formula is C16H25ClN2. The fourth-order valence-electron chi connectivity index (χ4n) is 2.91. The molecule has 0 bridgehead atoms. The van der Waals surface area contributed by atoms with Crippen LogP contribution < -0.4 is 5.32 Å². The van der Waals surface area contributed by atoms with Gasteiger partial charge in [-0.3, -0.25) is 4.90 Å². The first-order chi connectivity index (χ1) is 9.29. The first-order valence-electron chi connectivity index (χ1n) is 7.53. The molecule has 0 saturated carbocycles. The smallest absolute Gasteiger partial charge is 0.0407 e. The summed E-state index contributed by atoms with van der Waals surface area (Å²) in [6.45, 7) is 5.73. The van der Waals surface area contributed by atoms with Crippen LogP contribution in [0.5, 0.6) is 0 Å². The number of anilines is 1. The average Bonchev–Trinajstić information content (AvgIpc) is 2.66. The average molecular weight is 281 g/mol. The van der Waals surface area contributed by atoms with Crippen LogP contribution in [0.1, 0.15) is 39.0 Å². The van der Waals surface area contributed by atoms with E-state index in [1.807, 2.05) is 24.3 Å². The van der Waals surface area contributed by atoms with Crippen LogP contribution in [0.3, 0.4) is 0 Å². The zero-order valence-electron chi connectivity index (χ0n) is 11.9. The Balaban J connectivity index is 1.78. The minimum Gasteiger partial charge on any atom is -0.384 e. The Hall–Kier alpha value is -0.730. The molecule has 1 aliphatic rings. The predicted molar refractivity (Wildman–Crippen MR) is 84.1 cm³/mol. The lowest BCUT2D eigenvalue weighted by Gasteiger charge is -2.29. The van der Waals surface area contributed by atoms with Crippen LogP contribution in [0.25, 0.3) is 0 Å². The molecule has 19 heavy (non-hydrogen) atoms. The molecule has 0 amide bonds. The van der Waals surface area contributed by atoms with Crippen molar-refractivity contribution in [3.8, 4) is 0 Å². The summed E-state index contributed by atoms with van der Waals surface area (Å²) in [6.07, 6.45) is 6.81. The van der Waals surface area contributed by atoms with E-state index in [2.05, 4.69) is 17.1 Å². The van der Waals surface area contributed by atoms with E-state index in [0.29, 0.717) is 0 Å². The zero-order valence-corrected chi connectivity index (χ0v) is 12.6. The van der Waals surface area contributed by atoms with Crippen LogP contribution in [-0.4, -0.2) is 30.6 Å². The number of nitrogens with zero attached hydrogens (tertiary/aromatic N) is 1. The van der Waals surface area contributed by atoms with E-state index < -0.39 is 0 Å². The molecule has 1 atom stereocenters. The number of benzene rings is 1. The minimum absolute atomic E-state index is 0.787. The highest BCUT2D eigenvalue weighted by molar-refractivity contribution is 6.30. The summed E-state index contributed by atoms with van der Waals surface area (Å²) in [4.78, 5) is 2.66. The monoisotopic (exact) mass is 280 g/mol. The largest absolute Gasteiger partial charge is 0.384 e. The maximum absolute atomic E-state index is 5.89. The van der Waals surface area contributed by atoms with Gasteiger partial charge in [0.1, 0.15) is 0 Å². The van der Waals surface area contributed by atoms with Crippen molar-refractivity contribution in [1.82, 2.24) is 4.90 Å². The molecule has 0 spiro atoms. The van der Waals surface area contributed by atoms with Crippen molar-refractivity contribution < 1.29 is 0 Å². The molecule has 1 aromatic carbocycles. The number of hydrogen-bond donors (Lipinski definition) is 1. The van der Waals surface area contributed by atoms with Crippen LogP contribution in [0, 0.1) is 0 Å². The lowest BCUT2D eigenvalue weighted by molar-refractivity contribution is 0.202.